The average Bonchev–Trinajstić information content (AvgIpc) is 2.93. The Morgan fingerprint density at radius 1 is 0.976 bits per heavy atom. The molecule has 0 saturated carbocycles. The minimum Gasteiger partial charge on any atom is -0.510 e. The molecule has 1 amide bonds. The number of nitrogens with two attached hydrogens (primary N) is 1. The molecule has 0 spiro atoms. The lowest BCUT2D eigenvalue weighted by Gasteiger charge is -2.50. The highest BCUT2D eigenvalue weighted by Gasteiger charge is 2.63. The van der Waals surface area contributed by atoms with Crippen molar-refractivity contribution < 1.29 is 49.0 Å². The van der Waals surface area contributed by atoms with Crippen LogP contribution in [-0.4, -0.2) is 89.9 Å². The van der Waals surface area contributed by atoms with Crippen molar-refractivity contribution in [2.75, 3.05) is 35.4 Å². The summed E-state index contributed by atoms with van der Waals surface area (Å²) in [7, 11) is 7.56. The molecule has 0 radical (unpaired) electrons. The standard InChI is InChI=1S/C30H32N2O10/c1-32(2)22-16-11-12-10-15-13(14-7-9-18(40-3)26(42-5)25(14)41-4)6-8-17(33)20(15)23(34)19(12)27(36)30(16,39)28(37)21(24(22)35)29(31)38/h6-9,12,16,22,33,35-36,39H,10-11H2,1-5H3,(H2,31,38)/t12-,16+,22?,30-/m0/s1. The van der Waals surface area contributed by atoms with Gasteiger partial charge in [-0.1, -0.05) is 6.07 Å². The van der Waals surface area contributed by atoms with Gasteiger partial charge in [0.2, 0.25) is 11.5 Å². The molecule has 2 aromatic rings. The molecular formula is C30H32N2O10. The molecule has 6 N–H and O–H groups in total. The van der Waals surface area contributed by atoms with E-state index in [1.165, 1.54) is 32.3 Å². The highest BCUT2D eigenvalue weighted by molar-refractivity contribution is 6.25. The van der Waals surface area contributed by atoms with Gasteiger partial charge in [0.15, 0.2) is 22.9 Å². The number of allylic oxidation sites excluding steroid dienone is 1. The van der Waals surface area contributed by atoms with Crippen LogP contribution in [0.15, 0.2) is 46.9 Å². The minimum absolute atomic E-state index is 0.0239. The maximum absolute atomic E-state index is 14.0. The summed E-state index contributed by atoms with van der Waals surface area (Å²) in [6.45, 7) is 0. The lowest BCUT2D eigenvalue weighted by Crippen LogP contribution is -2.63. The van der Waals surface area contributed by atoms with Crippen LogP contribution in [0, 0.1) is 11.8 Å². The Hall–Kier alpha value is -4.55. The van der Waals surface area contributed by atoms with Gasteiger partial charge in [0, 0.05) is 17.1 Å². The smallest absolute Gasteiger partial charge is 0.255 e. The summed E-state index contributed by atoms with van der Waals surface area (Å²) in [5.41, 5.74) is 3.04. The molecule has 222 valence electrons. The molecule has 12 heteroatoms. The molecule has 0 bridgehead atoms. The summed E-state index contributed by atoms with van der Waals surface area (Å²) < 4.78 is 16.6. The summed E-state index contributed by atoms with van der Waals surface area (Å²) in [5.74, 6) is -6.01. The molecule has 0 heterocycles. The fourth-order valence-corrected chi connectivity index (χ4v) is 6.82. The molecule has 0 aromatic heterocycles. The van der Waals surface area contributed by atoms with Crippen LogP contribution in [0.1, 0.15) is 22.3 Å². The summed E-state index contributed by atoms with van der Waals surface area (Å²) in [6.07, 6.45) is 0.0969. The lowest BCUT2D eigenvalue weighted by atomic mass is 9.58. The number of ketones is 2. The number of ether oxygens (including phenoxy) is 3. The molecular weight excluding hydrogens is 548 g/mol. The van der Waals surface area contributed by atoms with E-state index >= 15 is 0 Å². The van der Waals surface area contributed by atoms with Crippen LogP contribution >= 0.6 is 0 Å². The zero-order valence-electron chi connectivity index (χ0n) is 23.7. The van der Waals surface area contributed by atoms with Gasteiger partial charge in [-0.15, -0.1) is 0 Å². The Balaban J connectivity index is 1.74. The Kier molecular flexibility index (Phi) is 6.94. The van der Waals surface area contributed by atoms with Gasteiger partial charge < -0.3 is 40.4 Å². The largest absolute Gasteiger partial charge is 0.510 e. The van der Waals surface area contributed by atoms with Gasteiger partial charge in [0.05, 0.1) is 32.9 Å². The van der Waals surface area contributed by atoms with Crippen LogP contribution in [0.25, 0.3) is 11.1 Å². The maximum Gasteiger partial charge on any atom is 0.255 e. The van der Waals surface area contributed by atoms with E-state index in [9.17, 15) is 34.8 Å². The van der Waals surface area contributed by atoms with Crippen LogP contribution in [0.5, 0.6) is 23.0 Å². The van der Waals surface area contributed by atoms with E-state index in [2.05, 4.69) is 0 Å². The number of aliphatic hydroxyl groups excluding tert-OH is 2. The summed E-state index contributed by atoms with van der Waals surface area (Å²) in [4.78, 5) is 41.1. The van der Waals surface area contributed by atoms with E-state index in [4.69, 9.17) is 19.9 Å². The number of hydrogen-bond acceptors (Lipinski definition) is 11. The van der Waals surface area contributed by atoms with Gasteiger partial charge in [-0.2, -0.15) is 0 Å². The first-order valence-corrected chi connectivity index (χ1v) is 13.1. The molecule has 2 aromatic carbocycles. The SMILES string of the molecule is COc1ccc(-c2ccc(O)c3c2C[C@H]2C[C@@H]4C(N(C)C)C(O)=C(C(N)=O)C(=O)[C@@]4(O)C(O)=C2C3=O)c(OC)c1OC. The first-order valence-electron chi connectivity index (χ1n) is 13.1. The monoisotopic (exact) mass is 580 g/mol. The van der Waals surface area contributed by atoms with Crippen LogP contribution in [0.4, 0.5) is 0 Å². The number of phenols is 1. The number of benzene rings is 2. The molecule has 0 fully saturated rings. The molecule has 3 aliphatic carbocycles. The molecule has 42 heavy (non-hydrogen) atoms. The van der Waals surface area contributed by atoms with Crippen LogP contribution < -0.4 is 19.9 Å². The molecule has 4 atom stereocenters. The van der Waals surface area contributed by atoms with Gasteiger partial charge in [0.25, 0.3) is 5.91 Å². The first-order chi connectivity index (χ1) is 19.8. The molecule has 5 rings (SSSR count). The Labute approximate surface area is 241 Å². The number of amides is 1. The van der Waals surface area contributed by atoms with Crippen LogP contribution in [-0.2, 0) is 16.0 Å². The second-order valence-electron chi connectivity index (χ2n) is 10.8. The highest BCUT2D eigenvalue weighted by atomic mass is 16.5. The van der Waals surface area contributed by atoms with E-state index in [1.54, 1.807) is 32.3 Å². The number of carbonyl (C=O) groups is 3. The van der Waals surface area contributed by atoms with E-state index in [1.807, 2.05) is 0 Å². The minimum atomic E-state index is -2.70. The molecule has 12 nitrogen and oxygen atoms in total. The number of Topliss-reactive ketones (excluding diaryl/α,β-unsaturated/α-hetero) is 2. The summed E-state index contributed by atoms with van der Waals surface area (Å²) in [6, 6.07) is 5.30. The van der Waals surface area contributed by atoms with Crippen molar-refractivity contribution in [1.82, 2.24) is 4.90 Å². The Bertz CT molecular complexity index is 1610. The summed E-state index contributed by atoms with van der Waals surface area (Å²) in [5, 5.41) is 45.0. The highest BCUT2D eigenvalue weighted by Crippen LogP contribution is 2.54. The number of methoxy groups -OCH3 is 3. The van der Waals surface area contributed by atoms with Gasteiger partial charge >= 0.3 is 0 Å². The topological polar surface area (TPSA) is 189 Å². The van der Waals surface area contributed by atoms with E-state index < -0.39 is 58.0 Å². The number of phenolic OH excluding ortho intramolecular Hbond substituents is 1. The number of aromatic hydroxyl groups is 1. The lowest BCUT2D eigenvalue weighted by molar-refractivity contribution is -0.148. The number of aliphatic hydroxyl groups is 3. The predicted molar refractivity (Wildman–Crippen MR) is 149 cm³/mol. The predicted octanol–water partition coefficient (Wildman–Crippen LogP) is 1.81. The summed E-state index contributed by atoms with van der Waals surface area (Å²) >= 11 is 0. The molecule has 0 saturated heterocycles. The number of likely N-dealkylation sites (N-methyl/N-ethyl adjacent to an activating group) is 1. The zero-order chi connectivity index (χ0) is 30.8. The van der Waals surface area contributed by atoms with Crippen molar-refractivity contribution in [2.24, 2.45) is 17.6 Å². The fourth-order valence-electron chi connectivity index (χ4n) is 6.82. The number of carbonyl (C=O) groups excluding carboxylic acids is 3. The van der Waals surface area contributed by atoms with Crippen LogP contribution in [0.2, 0.25) is 0 Å². The van der Waals surface area contributed by atoms with Crippen molar-refractivity contribution in [1.29, 1.82) is 0 Å². The van der Waals surface area contributed by atoms with Crippen molar-refractivity contribution in [3.8, 4) is 34.1 Å². The third kappa shape index (κ3) is 3.78. The fraction of sp³-hybridized carbons (Fsp3) is 0.367. The second kappa shape index (κ2) is 10.1. The Morgan fingerprint density at radius 2 is 1.62 bits per heavy atom. The normalized spacial score (nSPS) is 25.2. The molecule has 3 aliphatic rings. The first kappa shape index (κ1) is 29.0. The van der Waals surface area contributed by atoms with Gasteiger partial charge in [-0.3, -0.25) is 19.3 Å². The maximum atomic E-state index is 14.0. The number of fused-ring (bicyclic) bond motifs is 3. The number of rotatable bonds is 6. The second-order valence-corrected chi connectivity index (χ2v) is 10.8. The third-order valence-corrected chi connectivity index (χ3v) is 8.60. The molecule has 1 unspecified atom stereocenters. The quantitative estimate of drug-likeness (QED) is 0.313. The van der Waals surface area contributed by atoms with E-state index in [0.29, 0.717) is 33.9 Å². The number of nitrogens with zero attached hydrogens (tertiary/aromatic N) is 1. The van der Waals surface area contributed by atoms with Crippen molar-refractivity contribution >= 4 is 17.5 Å². The van der Waals surface area contributed by atoms with Gasteiger partial charge in [-0.05, 0) is 62.2 Å². The number of hydrogen-bond donors (Lipinski definition) is 5. The van der Waals surface area contributed by atoms with E-state index in [0.717, 1.165) is 0 Å². The van der Waals surface area contributed by atoms with Crippen molar-refractivity contribution in [2.45, 2.75) is 24.5 Å². The Morgan fingerprint density at radius 3 is 2.19 bits per heavy atom. The molecule has 0 aliphatic heterocycles. The average molecular weight is 581 g/mol. The number of primary amides is 1. The third-order valence-electron chi connectivity index (χ3n) is 8.60. The van der Waals surface area contributed by atoms with E-state index in [-0.39, 0.29) is 29.7 Å². The van der Waals surface area contributed by atoms with Crippen LogP contribution in [0.3, 0.4) is 0 Å². The van der Waals surface area contributed by atoms with Gasteiger partial charge in [0.1, 0.15) is 22.8 Å². The van der Waals surface area contributed by atoms with Crippen molar-refractivity contribution in [3.05, 3.63) is 58.1 Å². The zero-order valence-corrected chi connectivity index (χ0v) is 23.7. The van der Waals surface area contributed by atoms with Gasteiger partial charge in [-0.25, -0.2) is 0 Å². The van der Waals surface area contributed by atoms with Crippen molar-refractivity contribution in [3.63, 3.8) is 0 Å².